The molecule has 0 bridgehead atoms. The zero-order chi connectivity index (χ0) is 16.2. The van der Waals surface area contributed by atoms with Gasteiger partial charge in [-0.1, -0.05) is 27.2 Å². The van der Waals surface area contributed by atoms with Crippen molar-refractivity contribution in [3.8, 4) is 0 Å². The molecule has 7 heteroatoms. The zero-order valence-electron chi connectivity index (χ0n) is 13.3. The van der Waals surface area contributed by atoms with Crippen molar-refractivity contribution in [1.29, 1.82) is 0 Å². The van der Waals surface area contributed by atoms with Crippen LogP contribution in [0.1, 0.15) is 40.0 Å². The average Bonchev–Trinajstić information content (AvgIpc) is 2.35. The van der Waals surface area contributed by atoms with Gasteiger partial charge in [-0.2, -0.15) is 0 Å². The molecule has 1 N–H and O–H groups in total. The number of nitrogens with zero attached hydrogens (tertiary/aromatic N) is 1. The Bertz CT molecular complexity index is 487. The molecule has 2 atom stereocenters. The van der Waals surface area contributed by atoms with Gasteiger partial charge in [0.05, 0.1) is 5.75 Å². The number of rotatable bonds is 7. The van der Waals surface area contributed by atoms with Crippen molar-refractivity contribution in [3.63, 3.8) is 0 Å². The molecule has 6 nitrogen and oxygen atoms in total. The smallest absolute Gasteiger partial charge is 0.246 e. The lowest BCUT2D eigenvalue weighted by atomic mass is 9.96. The van der Waals surface area contributed by atoms with Gasteiger partial charge in [0.15, 0.2) is 0 Å². The first-order valence-electron chi connectivity index (χ1n) is 7.46. The van der Waals surface area contributed by atoms with Crippen molar-refractivity contribution in [1.82, 2.24) is 10.2 Å². The number of carbonyl (C=O) groups is 2. The molecule has 1 heterocycles. The van der Waals surface area contributed by atoms with E-state index in [1.165, 1.54) is 6.26 Å². The lowest BCUT2D eigenvalue weighted by Crippen LogP contribution is -2.64. The molecule has 122 valence electrons. The van der Waals surface area contributed by atoms with Crippen LogP contribution < -0.4 is 5.32 Å². The van der Waals surface area contributed by atoms with Crippen molar-refractivity contribution < 1.29 is 18.0 Å². The molecule has 0 aromatic rings. The first-order valence-corrected chi connectivity index (χ1v) is 9.52. The van der Waals surface area contributed by atoms with E-state index in [1.807, 2.05) is 20.8 Å². The summed E-state index contributed by atoms with van der Waals surface area (Å²) in [6.07, 6.45) is 2.93. The molecule has 2 unspecified atom stereocenters. The van der Waals surface area contributed by atoms with E-state index in [0.29, 0.717) is 19.4 Å². The second-order valence-corrected chi connectivity index (χ2v) is 8.31. The summed E-state index contributed by atoms with van der Waals surface area (Å²) in [7, 11) is -3.05. The molecule has 0 spiro atoms. The van der Waals surface area contributed by atoms with E-state index in [1.54, 1.807) is 4.90 Å². The van der Waals surface area contributed by atoms with Crippen molar-refractivity contribution >= 4 is 21.7 Å². The van der Waals surface area contributed by atoms with E-state index in [9.17, 15) is 18.0 Å². The number of hydrogen-bond donors (Lipinski definition) is 1. The molecule has 1 saturated heterocycles. The van der Waals surface area contributed by atoms with Gasteiger partial charge in [0, 0.05) is 12.8 Å². The van der Waals surface area contributed by atoms with Crippen LogP contribution in [0.25, 0.3) is 0 Å². The molecule has 0 radical (unpaired) electrons. The van der Waals surface area contributed by atoms with E-state index in [4.69, 9.17) is 0 Å². The van der Waals surface area contributed by atoms with E-state index >= 15 is 0 Å². The highest BCUT2D eigenvalue weighted by Gasteiger charge is 2.40. The predicted molar refractivity (Wildman–Crippen MR) is 81.5 cm³/mol. The van der Waals surface area contributed by atoms with Crippen LogP contribution >= 0.6 is 0 Å². The molecule has 1 fully saturated rings. The highest BCUT2D eigenvalue weighted by Crippen LogP contribution is 2.19. The highest BCUT2D eigenvalue weighted by molar-refractivity contribution is 7.90. The summed E-state index contributed by atoms with van der Waals surface area (Å²) in [6.45, 7) is 6.05. The van der Waals surface area contributed by atoms with Gasteiger partial charge in [-0.15, -0.1) is 0 Å². The number of carbonyl (C=O) groups excluding carboxylic acids is 2. The van der Waals surface area contributed by atoms with Gasteiger partial charge in [-0.05, 0) is 18.8 Å². The SMILES string of the molecule is CCCC1C(=O)NC(C(C)C)C(=O)N1CCCS(C)(=O)=O. The summed E-state index contributed by atoms with van der Waals surface area (Å²) in [5.41, 5.74) is 0. The molecule has 0 aromatic heterocycles. The fourth-order valence-corrected chi connectivity index (χ4v) is 3.21. The summed E-state index contributed by atoms with van der Waals surface area (Å²) < 4.78 is 22.4. The van der Waals surface area contributed by atoms with Crippen LogP contribution in [-0.2, 0) is 19.4 Å². The minimum atomic E-state index is -3.05. The van der Waals surface area contributed by atoms with Crippen LogP contribution in [0.4, 0.5) is 0 Å². The number of hydrogen-bond acceptors (Lipinski definition) is 4. The Hall–Kier alpha value is -1.11. The fourth-order valence-electron chi connectivity index (χ4n) is 2.56. The topological polar surface area (TPSA) is 83.6 Å². The van der Waals surface area contributed by atoms with E-state index in [-0.39, 0.29) is 23.5 Å². The monoisotopic (exact) mass is 318 g/mol. The normalized spacial score (nSPS) is 23.6. The third kappa shape index (κ3) is 4.98. The minimum absolute atomic E-state index is 0.0152. The number of amides is 2. The summed E-state index contributed by atoms with van der Waals surface area (Å²) in [6, 6.07) is -0.985. The van der Waals surface area contributed by atoms with E-state index in [2.05, 4.69) is 5.32 Å². The van der Waals surface area contributed by atoms with Gasteiger partial charge in [-0.25, -0.2) is 8.42 Å². The molecule has 1 aliphatic heterocycles. The molecule has 0 aliphatic carbocycles. The van der Waals surface area contributed by atoms with Crippen LogP contribution in [0.3, 0.4) is 0 Å². The van der Waals surface area contributed by atoms with Crippen LogP contribution in [0.5, 0.6) is 0 Å². The van der Waals surface area contributed by atoms with Crippen LogP contribution in [-0.4, -0.2) is 55.8 Å². The van der Waals surface area contributed by atoms with E-state index in [0.717, 1.165) is 6.42 Å². The van der Waals surface area contributed by atoms with Crippen molar-refractivity contribution in [2.75, 3.05) is 18.6 Å². The Labute approximate surface area is 127 Å². The number of nitrogens with one attached hydrogen (secondary N) is 1. The number of piperazine rings is 1. The molecule has 21 heavy (non-hydrogen) atoms. The summed E-state index contributed by atoms with van der Waals surface area (Å²) >= 11 is 0. The van der Waals surface area contributed by atoms with Crippen LogP contribution in [0.15, 0.2) is 0 Å². The Balaban J connectivity index is 2.84. The summed E-state index contributed by atoms with van der Waals surface area (Å²) in [5.74, 6) is -0.184. The zero-order valence-corrected chi connectivity index (χ0v) is 14.1. The van der Waals surface area contributed by atoms with Gasteiger partial charge >= 0.3 is 0 Å². The van der Waals surface area contributed by atoms with Crippen LogP contribution in [0.2, 0.25) is 0 Å². The molecule has 1 rings (SSSR count). The van der Waals surface area contributed by atoms with Gasteiger partial charge < -0.3 is 10.2 Å². The maximum atomic E-state index is 12.5. The minimum Gasteiger partial charge on any atom is -0.342 e. The Kier molecular flexibility index (Phi) is 6.19. The second-order valence-electron chi connectivity index (χ2n) is 6.05. The van der Waals surface area contributed by atoms with Crippen molar-refractivity contribution in [2.24, 2.45) is 5.92 Å². The molecule has 2 amide bonds. The largest absolute Gasteiger partial charge is 0.342 e. The quantitative estimate of drug-likeness (QED) is 0.744. The molecule has 0 aromatic carbocycles. The van der Waals surface area contributed by atoms with Crippen molar-refractivity contribution in [3.05, 3.63) is 0 Å². The molecular formula is C14H26N2O4S. The average molecular weight is 318 g/mol. The van der Waals surface area contributed by atoms with Crippen LogP contribution in [0, 0.1) is 5.92 Å². The van der Waals surface area contributed by atoms with Gasteiger partial charge in [0.1, 0.15) is 21.9 Å². The number of sulfone groups is 1. The standard InChI is InChI=1S/C14H26N2O4S/c1-5-7-11-13(17)15-12(10(2)3)14(18)16(11)8-6-9-21(4,19)20/h10-12H,5-9H2,1-4H3,(H,15,17). The Morgan fingerprint density at radius 1 is 1.29 bits per heavy atom. The molecule has 0 saturated carbocycles. The van der Waals surface area contributed by atoms with Gasteiger partial charge in [-0.3, -0.25) is 9.59 Å². The Morgan fingerprint density at radius 2 is 1.90 bits per heavy atom. The maximum Gasteiger partial charge on any atom is 0.246 e. The van der Waals surface area contributed by atoms with Gasteiger partial charge in [0.25, 0.3) is 0 Å². The lowest BCUT2D eigenvalue weighted by molar-refractivity contribution is -0.150. The highest BCUT2D eigenvalue weighted by atomic mass is 32.2. The Morgan fingerprint density at radius 3 is 2.38 bits per heavy atom. The molecule has 1 aliphatic rings. The summed E-state index contributed by atoms with van der Waals surface area (Å²) in [5, 5.41) is 2.79. The second kappa shape index (κ2) is 7.24. The maximum absolute atomic E-state index is 12.5. The lowest BCUT2D eigenvalue weighted by Gasteiger charge is -2.40. The first kappa shape index (κ1) is 17.9. The molecular weight excluding hydrogens is 292 g/mol. The fraction of sp³-hybridized carbons (Fsp3) is 0.857. The third-order valence-electron chi connectivity index (χ3n) is 3.67. The first-order chi connectivity index (χ1) is 9.67. The van der Waals surface area contributed by atoms with E-state index < -0.39 is 21.9 Å². The third-order valence-corrected chi connectivity index (χ3v) is 4.70. The van der Waals surface area contributed by atoms with Crippen molar-refractivity contribution in [2.45, 2.75) is 52.1 Å². The summed E-state index contributed by atoms with van der Waals surface area (Å²) in [4.78, 5) is 26.3. The van der Waals surface area contributed by atoms with Gasteiger partial charge in [0.2, 0.25) is 11.8 Å². The predicted octanol–water partition coefficient (Wildman–Crippen LogP) is 0.573.